The van der Waals surface area contributed by atoms with Crippen LogP contribution < -0.4 is 0 Å². The highest BCUT2D eigenvalue weighted by molar-refractivity contribution is 5.73. The Kier molecular flexibility index (Phi) is 10.1. The van der Waals surface area contributed by atoms with E-state index >= 15 is 0 Å². The molecule has 2 saturated heterocycles. The predicted molar refractivity (Wildman–Crippen MR) is 138 cm³/mol. The van der Waals surface area contributed by atoms with Crippen molar-refractivity contribution >= 4 is 5.97 Å². The zero-order valence-electron chi connectivity index (χ0n) is 22.0. The van der Waals surface area contributed by atoms with E-state index in [4.69, 9.17) is 9.47 Å². The summed E-state index contributed by atoms with van der Waals surface area (Å²) in [5.41, 5.74) is 1.87. The molecule has 0 amide bonds. The van der Waals surface area contributed by atoms with E-state index in [1.165, 1.54) is 23.6 Å². The molecule has 4 heterocycles. The SMILES string of the molecule is O=NN1CCCC1c1cncc(CN(CCCC(OC2OC(C(=O)O)C(O)C(O)C2O)c2cccnc2)[N+](=O)[O-])c1. The first kappa shape index (κ1) is 30.1. The maximum absolute atomic E-state index is 11.9. The number of nitrogens with zero attached hydrogens (tertiary/aromatic N) is 6. The van der Waals surface area contributed by atoms with Crippen molar-refractivity contribution in [3.63, 3.8) is 0 Å². The molecule has 222 valence electrons. The summed E-state index contributed by atoms with van der Waals surface area (Å²) in [6.45, 7) is 0.483. The Morgan fingerprint density at radius 1 is 1.24 bits per heavy atom. The molecule has 7 atom stereocenters. The Labute approximate surface area is 234 Å². The number of carbonyl (C=O) groups is 1. The van der Waals surface area contributed by atoms with Crippen LogP contribution in [0.15, 0.2) is 48.3 Å². The van der Waals surface area contributed by atoms with E-state index < -0.39 is 47.8 Å². The first-order valence-corrected chi connectivity index (χ1v) is 13.1. The molecule has 0 aliphatic carbocycles. The summed E-state index contributed by atoms with van der Waals surface area (Å²) in [7, 11) is 0. The summed E-state index contributed by atoms with van der Waals surface area (Å²) in [6.07, 6.45) is -1.62. The third-order valence-electron chi connectivity index (χ3n) is 7.18. The fourth-order valence-electron chi connectivity index (χ4n) is 5.06. The summed E-state index contributed by atoms with van der Waals surface area (Å²) in [5, 5.41) is 56.6. The van der Waals surface area contributed by atoms with E-state index in [0.717, 1.165) is 23.4 Å². The van der Waals surface area contributed by atoms with Crippen LogP contribution in [0.4, 0.5) is 0 Å². The lowest BCUT2D eigenvalue weighted by Gasteiger charge is -2.39. The Morgan fingerprint density at radius 3 is 2.73 bits per heavy atom. The first-order valence-electron chi connectivity index (χ1n) is 13.1. The second-order valence-corrected chi connectivity index (χ2v) is 9.94. The molecule has 0 spiro atoms. The van der Waals surface area contributed by atoms with E-state index in [9.17, 15) is 40.2 Å². The molecule has 7 unspecified atom stereocenters. The maximum Gasteiger partial charge on any atom is 0.335 e. The molecule has 4 rings (SSSR count). The molecule has 16 nitrogen and oxygen atoms in total. The van der Waals surface area contributed by atoms with Gasteiger partial charge in [0.1, 0.15) is 24.9 Å². The minimum Gasteiger partial charge on any atom is -0.479 e. The van der Waals surface area contributed by atoms with Crippen LogP contribution >= 0.6 is 0 Å². The minimum atomic E-state index is -1.87. The van der Waals surface area contributed by atoms with E-state index in [0.29, 0.717) is 17.7 Å². The summed E-state index contributed by atoms with van der Waals surface area (Å²) in [4.78, 5) is 42.7. The summed E-state index contributed by atoms with van der Waals surface area (Å²) in [6, 6.07) is 4.87. The van der Waals surface area contributed by atoms with E-state index in [-0.39, 0.29) is 32.0 Å². The standard InChI is InChI=1S/C25H32N6O10/c32-20-21(33)23(24(35)36)41-25(22(20)34)40-19(16-4-1-7-26-12-16)6-3-8-29(31(38)39)14-15-10-17(13-27-11-15)18-5-2-9-30(18)28-37/h1,4,7,10-13,18-23,25,32-34H,2-3,5-6,8-9,14H2,(H,35,36). The topological polar surface area (TPSA) is 221 Å². The summed E-state index contributed by atoms with van der Waals surface area (Å²) < 4.78 is 11.1. The van der Waals surface area contributed by atoms with Crippen molar-refractivity contribution in [2.45, 2.75) is 75.1 Å². The number of rotatable bonds is 13. The molecule has 41 heavy (non-hydrogen) atoms. The molecule has 16 heteroatoms. The Morgan fingerprint density at radius 2 is 2.05 bits per heavy atom. The van der Waals surface area contributed by atoms with Crippen molar-refractivity contribution in [2.24, 2.45) is 5.29 Å². The van der Waals surface area contributed by atoms with Crippen molar-refractivity contribution in [3.8, 4) is 0 Å². The van der Waals surface area contributed by atoms with Crippen molar-refractivity contribution in [1.82, 2.24) is 20.0 Å². The molecular weight excluding hydrogens is 544 g/mol. The highest BCUT2D eigenvalue weighted by atomic mass is 16.7. The molecule has 2 aromatic rings. The zero-order valence-corrected chi connectivity index (χ0v) is 22.0. The Balaban J connectivity index is 1.42. The normalized spacial score (nSPS) is 26.9. The monoisotopic (exact) mass is 576 g/mol. The highest BCUT2D eigenvalue weighted by Crippen LogP contribution is 2.33. The van der Waals surface area contributed by atoms with Crippen LogP contribution in [0.2, 0.25) is 0 Å². The molecular formula is C25H32N6O10. The van der Waals surface area contributed by atoms with E-state index in [2.05, 4.69) is 15.3 Å². The van der Waals surface area contributed by atoms with Crippen LogP contribution in [0.3, 0.4) is 0 Å². The van der Waals surface area contributed by atoms with Crippen molar-refractivity contribution < 1.29 is 39.7 Å². The number of carboxylic acid groups (broad SMARTS) is 1. The van der Waals surface area contributed by atoms with Crippen molar-refractivity contribution in [1.29, 1.82) is 0 Å². The zero-order chi connectivity index (χ0) is 29.5. The number of aromatic nitrogens is 2. The Hall–Kier alpha value is -3.83. The van der Waals surface area contributed by atoms with Gasteiger partial charge < -0.3 is 29.9 Å². The van der Waals surface area contributed by atoms with Crippen molar-refractivity contribution in [3.05, 3.63) is 74.7 Å². The molecule has 2 aromatic heterocycles. The summed E-state index contributed by atoms with van der Waals surface area (Å²) >= 11 is 0. The molecule has 0 saturated carbocycles. The van der Waals surface area contributed by atoms with Gasteiger partial charge in [-0.25, -0.2) is 14.9 Å². The first-order chi connectivity index (χ1) is 19.7. The molecule has 2 fully saturated rings. The quantitative estimate of drug-likeness (QED) is 0.147. The van der Waals surface area contributed by atoms with Gasteiger partial charge in [0.25, 0.3) is 0 Å². The predicted octanol–water partition coefficient (Wildman–Crippen LogP) is 0.719. The minimum absolute atomic E-state index is 0.00400. The fourth-order valence-corrected chi connectivity index (χ4v) is 5.06. The van der Waals surface area contributed by atoms with Gasteiger partial charge in [0.2, 0.25) is 0 Å². The molecule has 2 aliphatic heterocycles. The number of hydrazine groups is 1. The van der Waals surface area contributed by atoms with E-state index in [1.54, 1.807) is 24.4 Å². The number of ether oxygens (including phenoxy) is 2. The lowest BCUT2D eigenvalue weighted by molar-refractivity contribution is -0.659. The summed E-state index contributed by atoms with van der Waals surface area (Å²) in [5.74, 6) is -1.54. The number of nitro groups is 1. The molecule has 2 aliphatic rings. The number of hydrogen-bond donors (Lipinski definition) is 4. The number of hydrogen-bond acceptors (Lipinski definition) is 12. The largest absolute Gasteiger partial charge is 0.479 e. The lowest BCUT2D eigenvalue weighted by atomic mass is 9.98. The third-order valence-corrected chi connectivity index (χ3v) is 7.18. The number of aliphatic carboxylic acids is 1. The number of nitroso groups, excluding NO2 is 1. The van der Waals surface area contributed by atoms with Crippen LogP contribution in [0.5, 0.6) is 0 Å². The highest BCUT2D eigenvalue weighted by Gasteiger charge is 2.48. The van der Waals surface area contributed by atoms with Gasteiger partial charge in [-0.2, -0.15) is 0 Å². The average Bonchev–Trinajstić information content (AvgIpc) is 3.45. The average molecular weight is 577 g/mol. The molecule has 0 radical (unpaired) electrons. The van der Waals surface area contributed by atoms with Gasteiger partial charge in [-0.1, -0.05) is 6.07 Å². The van der Waals surface area contributed by atoms with Crippen LogP contribution in [0.25, 0.3) is 0 Å². The molecule has 0 bridgehead atoms. The fraction of sp³-hybridized carbons (Fsp3) is 0.560. The van der Waals surface area contributed by atoms with Gasteiger partial charge in [-0.05, 0) is 54.5 Å². The number of pyridine rings is 2. The van der Waals surface area contributed by atoms with Crippen LogP contribution in [0.1, 0.15) is 54.5 Å². The lowest BCUT2D eigenvalue weighted by Crippen LogP contribution is -2.60. The maximum atomic E-state index is 11.9. The second kappa shape index (κ2) is 13.7. The van der Waals surface area contributed by atoms with Gasteiger partial charge in [-0.3, -0.25) is 15.0 Å². The number of aliphatic hydroxyl groups excluding tert-OH is 3. The van der Waals surface area contributed by atoms with Crippen LogP contribution in [-0.2, 0) is 20.8 Å². The number of aliphatic hydroxyl groups is 3. The van der Waals surface area contributed by atoms with Crippen molar-refractivity contribution in [2.75, 3.05) is 13.1 Å². The van der Waals surface area contributed by atoms with E-state index in [1.807, 2.05) is 0 Å². The third kappa shape index (κ3) is 7.28. The van der Waals surface area contributed by atoms with Gasteiger partial charge in [0, 0.05) is 31.3 Å². The van der Waals surface area contributed by atoms with Gasteiger partial charge in [0.15, 0.2) is 17.4 Å². The molecule has 4 N–H and O–H groups in total. The second-order valence-electron chi connectivity index (χ2n) is 9.94. The van der Waals surface area contributed by atoms with Crippen LogP contribution in [0, 0.1) is 15.0 Å². The smallest absolute Gasteiger partial charge is 0.335 e. The van der Waals surface area contributed by atoms with Gasteiger partial charge in [0.05, 0.1) is 24.0 Å². The van der Waals surface area contributed by atoms with Gasteiger partial charge in [-0.15, -0.1) is 9.92 Å². The van der Waals surface area contributed by atoms with Crippen LogP contribution in [-0.4, -0.2) is 95.2 Å². The molecule has 0 aromatic carbocycles. The van der Waals surface area contributed by atoms with Gasteiger partial charge >= 0.3 is 5.97 Å². The Bertz CT molecular complexity index is 1190. The number of carboxylic acids is 1.